The van der Waals surface area contributed by atoms with Crippen LogP contribution in [0.15, 0.2) is 60.8 Å². The number of H-pyrrole nitrogens is 1. The quantitative estimate of drug-likeness (QED) is 0.512. The first-order valence-electron chi connectivity index (χ1n) is 8.83. The average Bonchev–Trinajstić information content (AvgIpc) is 3.25. The van der Waals surface area contributed by atoms with Crippen LogP contribution in [-0.2, 0) is 6.42 Å². The number of hydrogen-bond donors (Lipinski definition) is 2. The molecule has 128 valence electrons. The number of benzene rings is 2. The molecule has 0 saturated carbocycles. The van der Waals surface area contributed by atoms with Crippen molar-refractivity contribution in [2.24, 2.45) is 0 Å². The van der Waals surface area contributed by atoms with Crippen molar-refractivity contribution in [1.82, 2.24) is 19.6 Å². The van der Waals surface area contributed by atoms with Gasteiger partial charge in [-0.3, -0.25) is 0 Å². The summed E-state index contributed by atoms with van der Waals surface area (Å²) in [5.74, 6) is 0.910. The number of aryl methyl sites for hydroxylation is 1. The number of para-hydroxylation sites is 2. The molecule has 0 aliphatic carbocycles. The Labute approximate surface area is 150 Å². The van der Waals surface area contributed by atoms with Crippen LogP contribution in [0.3, 0.4) is 0 Å². The first kappa shape index (κ1) is 15.0. The van der Waals surface area contributed by atoms with Gasteiger partial charge in [0.2, 0.25) is 0 Å². The summed E-state index contributed by atoms with van der Waals surface area (Å²) in [5, 5.41) is 10.5. The van der Waals surface area contributed by atoms with Gasteiger partial charge in [-0.2, -0.15) is 5.10 Å². The molecule has 0 spiro atoms. The smallest absolute Gasteiger partial charge is 0.158 e. The number of aromatic amines is 1. The molecule has 0 atom stereocenters. The molecule has 5 rings (SSSR count). The molecule has 26 heavy (non-hydrogen) atoms. The van der Waals surface area contributed by atoms with E-state index in [0.717, 1.165) is 41.0 Å². The lowest BCUT2D eigenvalue weighted by Crippen LogP contribution is -2.08. The summed E-state index contributed by atoms with van der Waals surface area (Å²) in [6.45, 7) is 2.82. The normalized spacial score (nSPS) is 11.6. The van der Waals surface area contributed by atoms with Gasteiger partial charge in [0.15, 0.2) is 5.65 Å². The molecule has 3 heterocycles. The number of anilines is 1. The van der Waals surface area contributed by atoms with Gasteiger partial charge in [-0.25, -0.2) is 9.50 Å². The van der Waals surface area contributed by atoms with Crippen LogP contribution in [0, 0.1) is 6.92 Å². The predicted octanol–water partition coefficient (Wildman–Crippen LogP) is 4.33. The van der Waals surface area contributed by atoms with Crippen LogP contribution >= 0.6 is 0 Å². The maximum absolute atomic E-state index is 4.79. The third-order valence-electron chi connectivity index (χ3n) is 4.79. The van der Waals surface area contributed by atoms with Gasteiger partial charge in [-0.05, 0) is 37.1 Å². The van der Waals surface area contributed by atoms with Gasteiger partial charge >= 0.3 is 0 Å². The summed E-state index contributed by atoms with van der Waals surface area (Å²) in [6.07, 6.45) is 3.03. The number of aromatic nitrogens is 4. The van der Waals surface area contributed by atoms with Crippen molar-refractivity contribution >= 4 is 33.3 Å². The number of nitrogens with zero attached hydrogens (tertiary/aromatic N) is 3. The Balaban J connectivity index is 1.47. The monoisotopic (exact) mass is 341 g/mol. The molecule has 0 bridgehead atoms. The molecule has 0 amide bonds. The topological polar surface area (TPSA) is 58.0 Å². The number of hydrogen-bond acceptors (Lipinski definition) is 3. The molecule has 2 aromatic carbocycles. The highest BCUT2D eigenvalue weighted by Crippen LogP contribution is 2.24. The van der Waals surface area contributed by atoms with Gasteiger partial charge in [-0.1, -0.05) is 30.3 Å². The molecule has 0 unspecified atom stereocenters. The Kier molecular flexibility index (Phi) is 3.38. The number of nitrogens with one attached hydrogen (secondary N) is 2. The molecular formula is C21H19N5. The second-order valence-corrected chi connectivity index (χ2v) is 6.57. The molecule has 0 aliphatic heterocycles. The highest BCUT2D eigenvalue weighted by Gasteiger charge is 2.10. The average molecular weight is 341 g/mol. The lowest BCUT2D eigenvalue weighted by molar-refractivity contribution is 0.951. The molecule has 0 radical (unpaired) electrons. The minimum absolute atomic E-state index is 0.822. The Bertz CT molecular complexity index is 1230. The van der Waals surface area contributed by atoms with Crippen LogP contribution in [0.1, 0.15) is 11.3 Å². The van der Waals surface area contributed by atoms with Crippen LogP contribution in [0.5, 0.6) is 0 Å². The van der Waals surface area contributed by atoms with E-state index >= 15 is 0 Å². The Morgan fingerprint density at radius 2 is 1.85 bits per heavy atom. The second kappa shape index (κ2) is 5.88. The first-order valence-corrected chi connectivity index (χ1v) is 8.83. The van der Waals surface area contributed by atoms with Gasteiger partial charge in [0.05, 0.1) is 11.2 Å². The Hall–Kier alpha value is -3.34. The van der Waals surface area contributed by atoms with Gasteiger partial charge in [-0.15, -0.1) is 0 Å². The molecule has 5 aromatic rings. The standard InChI is InChI=1S/C21H19N5/c1-14-12-20-24-21(17-7-3-5-9-19(17)26(20)25-14)22-11-10-15-13-23-18-8-4-2-6-16(15)18/h2-9,12-13,23H,10-11H2,1H3,(H,22,24). The van der Waals surface area contributed by atoms with Crippen LogP contribution in [0.2, 0.25) is 0 Å². The van der Waals surface area contributed by atoms with Gasteiger partial charge in [0.25, 0.3) is 0 Å². The van der Waals surface area contributed by atoms with Crippen molar-refractivity contribution in [3.63, 3.8) is 0 Å². The van der Waals surface area contributed by atoms with E-state index in [0.29, 0.717) is 0 Å². The molecule has 3 aromatic heterocycles. The van der Waals surface area contributed by atoms with Gasteiger partial charge in [0, 0.05) is 35.1 Å². The SMILES string of the molecule is Cc1cc2nc(NCCc3c[nH]c4ccccc34)c3ccccc3n2n1. The van der Waals surface area contributed by atoms with Crippen molar-refractivity contribution in [3.8, 4) is 0 Å². The van der Waals surface area contributed by atoms with Crippen molar-refractivity contribution in [2.75, 3.05) is 11.9 Å². The van der Waals surface area contributed by atoms with E-state index in [1.807, 2.05) is 29.6 Å². The van der Waals surface area contributed by atoms with E-state index < -0.39 is 0 Å². The molecular weight excluding hydrogens is 322 g/mol. The summed E-state index contributed by atoms with van der Waals surface area (Å²) in [7, 11) is 0. The molecule has 5 heteroatoms. The van der Waals surface area contributed by atoms with Crippen LogP contribution < -0.4 is 5.32 Å². The van der Waals surface area contributed by atoms with E-state index in [-0.39, 0.29) is 0 Å². The van der Waals surface area contributed by atoms with Crippen LogP contribution in [0.25, 0.3) is 27.5 Å². The highest BCUT2D eigenvalue weighted by atomic mass is 15.3. The number of rotatable bonds is 4. The van der Waals surface area contributed by atoms with E-state index in [1.165, 1.54) is 16.5 Å². The fraction of sp³-hybridized carbons (Fsp3) is 0.143. The van der Waals surface area contributed by atoms with Crippen molar-refractivity contribution < 1.29 is 0 Å². The lowest BCUT2D eigenvalue weighted by Gasteiger charge is -2.10. The minimum Gasteiger partial charge on any atom is -0.369 e. The fourth-order valence-corrected chi connectivity index (χ4v) is 3.56. The largest absolute Gasteiger partial charge is 0.369 e. The van der Waals surface area contributed by atoms with Crippen LogP contribution in [0.4, 0.5) is 5.82 Å². The Morgan fingerprint density at radius 1 is 1.04 bits per heavy atom. The van der Waals surface area contributed by atoms with E-state index in [9.17, 15) is 0 Å². The molecule has 5 nitrogen and oxygen atoms in total. The maximum atomic E-state index is 4.79. The van der Waals surface area contributed by atoms with E-state index in [4.69, 9.17) is 4.98 Å². The zero-order chi connectivity index (χ0) is 17.5. The highest BCUT2D eigenvalue weighted by molar-refractivity contribution is 5.91. The van der Waals surface area contributed by atoms with Gasteiger partial charge in [0.1, 0.15) is 5.82 Å². The number of fused-ring (bicyclic) bond motifs is 4. The van der Waals surface area contributed by atoms with E-state index in [2.05, 4.69) is 58.0 Å². The minimum atomic E-state index is 0.822. The third kappa shape index (κ3) is 2.40. The summed E-state index contributed by atoms with van der Waals surface area (Å²) in [6, 6.07) is 18.7. The molecule has 2 N–H and O–H groups in total. The Morgan fingerprint density at radius 3 is 2.77 bits per heavy atom. The summed E-state index contributed by atoms with van der Waals surface area (Å²) < 4.78 is 1.91. The first-order chi connectivity index (χ1) is 12.8. The van der Waals surface area contributed by atoms with E-state index in [1.54, 1.807) is 0 Å². The van der Waals surface area contributed by atoms with Crippen LogP contribution in [-0.4, -0.2) is 26.1 Å². The molecule has 0 fully saturated rings. The van der Waals surface area contributed by atoms with Crippen molar-refractivity contribution in [1.29, 1.82) is 0 Å². The summed E-state index contributed by atoms with van der Waals surface area (Å²) in [4.78, 5) is 8.13. The van der Waals surface area contributed by atoms with Crippen molar-refractivity contribution in [3.05, 3.63) is 72.1 Å². The zero-order valence-electron chi connectivity index (χ0n) is 14.5. The molecule has 0 aliphatic rings. The molecule has 0 saturated heterocycles. The summed E-state index contributed by atoms with van der Waals surface area (Å²) >= 11 is 0. The van der Waals surface area contributed by atoms with Crippen molar-refractivity contribution in [2.45, 2.75) is 13.3 Å². The maximum Gasteiger partial charge on any atom is 0.158 e. The summed E-state index contributed by atoms with van der Waals surface area (Å²) in [5.41, 5.74) is 5.41. The van der Waals surface area contributed by atoms with Gasteiger partial charge < -0.3 is 10.3 Å². The predicted molar refractivity (Wildman–Crippen MR) is 106 cm³/mol. The fourth-order valence-electron chi connectivity index (χ4n) is 3.56. The zero-order valence-corrected chi connectivity index (χ0v) is 14.5. The third-order valence-corrected chi connectivity index (χ3v) is 4.79. The lowest BCUT2D eigenvalue weighted by atomic mass is 10.1. The second-order valence-electron chi connectivity index (χ2n) is 6.57.